The molecule has 0 aliphatic rings. The van der Waals surface area contributed by atoms with Gasteiger partial charge < -0.3 is 9.47 Å². The molecule has 0 aromatic heterocycles. The van der Waals surface area contributed by atoms with E-state index in [0.29, 0.717) is 24.5 Å². The lowest BCUT2D eigenvalue weighted by atomic mass is 10.1. The van der Waals surface area contributed by atoms with E-state index in [4.69, 9.17) is 9.47 Å². The number of benzene rings is 3. The maximum Gasteiger partial charge on any atom is 0.275 e. The van der Waals surface area contributed by atoms with Gasteiger partial charge in [-0.15, -0.1) is 0 Å². The molecule has 0 aliphatic carbocycles. The van der Waals surface area contributed by atoms with Gasteiger partial charge in [0, 0.05) is 0 Å². The standard InChI is InChI=1S/C23H22N2O3/c1-18-9-5-6-10-19(18)17-24-25-23(26)21-13-7-8-14-22(21)28-16-15-27-20-11-3-2-4-12-20/h2-14,17H,15-16H2,1H3,(H,25,26)/b24-17-. The van der Waals surface area contributed by atoms with Gasteiger partial charge in [-0.3, -0.25) is 4.79 Å². The first-order valence-corrected chi connectivity index (χ1v) is 9.03. The minimum Gasteiger partial charge on any atom is -0.490 e. The molecule has 3 aromatic rings. The highest BCUT2D eigenvalue weighted by Gasteiger charge is 2.11. The largest absolute Gasteiger partial charge is 0.490 e. The summed E-state index contributed by atoms with van der Waals surface area (Å²) in [4.78, 5) is 12.5. The Hall–Kier alpha value is -3.60. The molecule has 1 amide bonds. The number of hydrogen-bond acceptors (Lipinski definition) is 4. The summed E-state index contributed by atoms with van der Waals surface area (Å²) in [5.41, 5.74) is 5.01. The van der Waals surface area contributed by atoms with E-state index in [2.05, 4.69) is 10.5 Å². The average molecular weight is 374 g/mol. The van der Waals surface area contributed by atoms with E-state index >= 15 is 0 Å². The van der Waals surface area contributed by atoms with Crippen molar-refractivity contribution in [1.29, 1.82) is 0 Å². The zero-order valence-electron chi connectivity index (χ0n) is 15.7. The molecule has 0 atom stereocenters. The molecule has 0 saturated carbocycles. The van der Waals surface area contributed by atoms with Crippen LogP contribution >= 0.6 is 0 Å². The van der Waals surface area contributed by atoms with Crippen molar-refractivity contribution in [1.82, 2.24) is 5.43 Å². The number of carbonyl (C=O) groups excluding carboxylic acids is 1. The summed E-state index contributed by atoms with van der Waals surface area (Å²) in [5, 5.41) is 4.05. The predicted octanol–water partition coefficient (Wildman–Crippen LogP) is 4.22. The topological polar surface area (TPSA) is 59.9 Å². The molecule has 1 N–H and O–H groups in total. The third kappa shape index (κ3) is 5.45. The number of para-hydroxylation sites is 2. The molecular weight excluding hydrogens is 352 g/mol. The maximum absolute atomic E-state index is 12.5. The van der Waals surface area contributed by atoms with Crippen LogP contribution in [0.25, 0.3) is 0 Å². The van der Waals surface area contributed by atoms with Gasteiger partial charge in [0.2, 0.25) is 0 Å². The molecule has 0 radical (unpaired) electrons. The normalized spacial score (nSPS) is 10.6. The van der Waals surface area contributed by atoms with E-state index in [1.807, 2.05) is 67.6 Å². The highest BCUT2D eigenvalue weighted by atomic mass is 16.5. The van der Waals surface area contributed by atoms with E-state index in [-0.39, 0.29) is 5.91 Å². The number of rotatable bonds is 8. The van der Waals surface area contributed by atoms with E-state index in [1.54, 1.807) is 24.4 Å². The van der Waals surface area contributed by atoms with Crippen LogP contribution in [-0.4, -0.2) is 25.3 Å². The first-order valence-electron chi connectivity index (χ1n) is 9.03. The highest BCUT2D eigenvalue weighted by Crippen LogP contribution is 2.18. The summed E-state index contributed by atoms with van der Waals surface area (Å²) in [7, 11) is 0. The van der Waals surface area contributed by atoms with Crippen molar-refractivity contribution in [2.75, 3.05) is 13.2 Å². The first kappa shape index (κ1) is 19.2. The number of ether oxygens (including phenoxy) is 2. The molecule has 0 saturated heterocycles. The molecule has 5 nitrogen and oxygen atoms in total. The van der Waals surface area contributed by atoms with Gasteiger partial charge in [-0.1, -0.05) is 54.6 Å². The minimum atomic E-state index is -0.329. The van der Waals surface area contributed by atoms with Gasteiger partial charge in [0.1, 0.15) is 24.7 Å². The van der Waals surface area contributed by atoms with Gasteiger partial charge in [-0.05, 0) is 42.3 Å². The van der Waals surface area contributed by atoms with Crippen molar-refractivity contribution in [2.45, 2.75) is 6.92 Å². The molecule has 0 spiro atoms. The van der Waals surface area contributed by atoms with Gasteiger partial charge in [0.25, 0.3) is 5.91 Å². The number of amides is 1. The summed E-state index contributed by atoms with van der Waals surface area (Å²) in [6.45, 7) is 2.70. The zero-order valence-corrected chi connectivity index (χ0v) is 15.7. The Labute approximate surface area is 164 Å². The maximum atomic E-state index is 12.5. The van der Waals surface area contributed by atoms with Gasteiger partial charge in [0.05, 0.1) is 11.8 Å². The summed E-state index contributed by atoms with van der Waals surface area (Å²) in [6.07, 6.45) is 1.63. The number of hydrazone groups is 1. The smallest absolute Gasteiger partial charge is 0.275 e. The van der Waals surface area contributed by atoms with E-state index in [9.17, 15) is 4.79 Å². The Morgan fingerprint density at radius 2 is 1.57 bits per heavy atom. The lowest BCUT2D eigenvalue weighted by Crippen LogP contribution is -2.19. The zero-order chi connectivity index (χ0) is 19.6. The molecular formula is C23H22N2O3. The predicted molar refractivity (Wildman–Crippen MR) is 110 cm³/mol. The molecule has 0 heterocycles. The van der Waals surface area contributed by atoms with Gasteiger partial charge in [-0.25, -0.2) is 5.43 Å². The Morgan fingerprint density at radius 3 is 2.39 bits per heavy atom. The fourth-order valence-corrected chi connectivity index (χ4v) is 2.56. The number of aryl methyl sites for hydroxylation is 1. The Balaban J connectivity index is 1.55. The van der Waals surface area contributed by atoms with Crippen molar-refractivity contribution >= 4 is 12.1 Å². The summed E-state index contributed by atoms with van der Waals surface area (Å²) in [5.74, 6) is 0.940. The number of carbonyl (C=O) groups is 1. The average Bonchev–Trinajstić information content (AvgIpc) is 2.73. The monoisotopic (exact) mass is 374 g/mol. The molecule has 0 bridgehead atoms. The van der Waals surface area contributed by atoms with E-state index in [0.717, 1.165) is 16.9 Å². The molecule has 3 aromatic carbocycles. The van der Waals surface area contributed by atoms with Crippen LogP contribution in [0.5, 0.6) is 11.5 Å². The molecule has 3 rings (SSSR count). The van der Waals surface area contributed by atoms with Crippen LogP contribution in [0.4, 0.5) is 0 Å². The number of nitrogens with zero attached hydrogens (tertiary/aromatic N) is 1. The van der Waals surface area contributed by atoms with Crippen LogP contribution in [0, 0.1) is 6.92 Å². The second-order valence-electron chi connectivity index (χ2n) is 6.06. The van der Waals surface area contributed by atoms with Crippen LogP contribution in [0.1, 0.15) is 21.5 Å². The van der Waals surface area contributed by atoms with Crippen LogP contribution in [0.3, 0.4) is 0 Å². The van der Waals surface area contributed by atoms with Gasteiger partial charge in [-0.2, -0.15) is 5.10 Å². The second kappa shape index (κ2) is 9.92. The molecule has 142 valence electrons. The first-order chi connectivity index (χ1) is 13.7. The van der Waals surface area contributed by atoms with Crippen LogP contribution in [0.2, 0.25) is 0 Å². The van der Waals surface area contributed by atoms with Crippen LogP contribution in [0.15, 0.2) is 84.0 Å². The lowest BCUT2D eigenvalue weighted by molar-refractivity contribution is 0.0950. The fraction of sp³-hybridized carbons (Fsp3) is 0.130. The van der Waals surface area contributed by atoms with Crippen LogP contribution in [-0.2, 0) is 0 Å². The molecule has 0 aliphatic heterocycles. The second-order valence-corrected chi connectivity index (χ2v) is 6.06. The molecule has 28 heavy (non-hydrogen) atoms. The van der Waals surface area contributed by atoms with Gasteiger partial charge in [0.15, 0.2) is 0 Å². The molecule has 5 heteroatoms. The Kier molecular flexibility index (Phi) is 6.79. The van der Waals surface area contributed by atoms with Crippen molar-refractivity contribution in [3.05, 3.63) is 95.6 Å². The van der Waals surface area contributed by atoms with E-state index in [1.165, 1.54) is 0 Å². The summed E-state index contributed by atoms with van der Waals surface area (Å²) >= 11 is 0. The van der Waals surface area contributed by atoms with Gasteiger partial charge >= 0.3 is 0 Å². The van der Waals surface area contributed by atoms with Crippen LogP contribution < -0.4 is 14.9 Å². The molecule has 0 unspecified atom stereocenters. The number of hydrogen-bond donors (Lipinski definition) is 1. The Bertz CT molecular complexity index is 939. The molecule has 0 fully saturated rings. The highest BCUT2D eigenvalue weighted by molar-refractivity contribution is 5.97. The summed E-state index contributed by atoms with van der Waals surface area (Å²) < 4.78 is 11.3. The van der Waals surface area contributed by atoms with Crippen molar-refractivity contribution in [2.24, 2.45) is 5.10 Å². The third-order valence-electron chi connectivity index (χ3n) is 4.04. The van der Waals surface area contributed by atoms with Crippen molar-refractivity contribution in [3.8, 4) is 11.5 Å². The quantitative estimate of drug-likeness (QED) is 0.365. The number of nitrogens with one attached hydrogen (secondary N) is 1. The lowest BCUT2D eigenvalue weighted by Gasteiger charge is -2.11. The van der Waals surface area contributed by atoms with Crippen molar-refractivity contribution in [3.63, 3.8) is 0 Å². The minimum absolute atomic E-state index is 0.325. The Morgan fingerprint density at radius 1 is 0.893 bits per heavy atom. The third-order valence-corrected chi connectivity index (χ3v) is 4.04. The fourth-order valence-electron chi connectivity index (χ4n) is 2.56. The van der Waals surface area contributed by atoms with E-state index < -0.39 is 0 Å². The van der Waals surface area contributed by atoms with Crippen molar-refractivity contribution < 1.29 is 14.3 Å². The SMILES string of the molecule is Cc1ccccc1/C=N\NC(=O)c1ccccc1OCCOc1ccccc1. The summed E-state index contributed by atoms with van der Waals surface area (Å²) in [6, 6.07) is 24.4.